The van der Waals surface area contributed by atoms with Gasteiger partial charge < -0.3 is 15.5 Å². The maximum atomic E-state index is 14.2. The van der Waals surface area contributed by atoms with Crippen molar-refractivity contribution in [1.29, 1.82) is 0 Å². The second kappa shape index (κ2) is 9.00. The highest BCUT2D eigenvalue weighted by Crippen LogP contribution is 2.39. The molecule has 32 heavy (non-hydrogen) atoms. The number of benzene rings is 1. The van der Waals surface area contributed by atoms with Crippen molar-refractivity contribution in [2.24, 2.45) is 5.16 Å². The Hall–Kier alpha value is -2.77. The number of halogens is 2. The van der Waals surface area contributed by atoms with Crippen LogP contribution in [0.3, 0.4) is 0 Å². The molecule has 2 aliphatic carbocycles. The molecule has 0 radical (unpaired) electrons. The van der Waals surface area contributed by atoms with Gasteiger partial charge in [0.1, 0.15) is 17.7 Å². The fraction of sp³-hybridized carbons (Fsp3) is 0.542. The molecule has 2 heterocycles. The van der Waals surface area contributed by atoms with Crippen LogP contribution in [0.2, 0.25) is 0 Å². The van der Waals surface area contributed by atoms with Gasteiger partial charge in [0, 0.05) is 44.4 Å². The predicted molar refractivity (Wildman–Crippen MR) is 120 cm³/mol. The van der Waals surface area contributed by atoms with E-state index < -0.39 is 11.6 Å². The summed E-state index contributed by atoms with van der Waals surface area (Å²) in [4.78, 5) is 17.1. The SMILES string of the molecule is Nc1cc(F)c(C2CCC(=NOC3CCN(c4ncc(C5CC5)cn4)CC3)CC2)cc1F. The number of anilines is 2. The van der Waals surface area contributed by atoms with Crippen LogP contribution in [0.5, 0.6) is 0 Å². The molecule has 0 unspecified atom stereocenters. The van der Waals surface area contributed by atoms with E-state index in [-0.39, 0.29) is 17.7 Å². The van der Waals surface area contributed by atoms with E-state index in [1.807, 2.05) is 12.4 Å². The monoisotopic (exact) mass is 441 g/mol. The van der Waals surface area contributed by atoms with Crippen LogP contribution in [0.25, 0.3) is 0 Å². The largest absolute Gasteiger partial charge is 0.396 e. The minimum atomic E-state index is -0.556. The third-order valence-corrected chi connectivity index (χ3v) is 6.88. The summed E-state index contributed by atoms with van der Waals surface area (Å²) in [6, 6.07) is 2.32. The first-order chi connectivity index (χ1) is 15.6. The van der Waals surface area contributed by atoms with Gasteiger partial charge >= 0.3 is 0 Å². The summed E-state index contributed by atoms with van der Waals surface area (Å²) in [5, 5.41) is 4.40. The number of nitrogens with two attached hydrogens (primary N) is 1. The molecule has 1 saturated heterocycles. The minimum absolute atomic E-state index is 0.0152. The van der Waals surface area contributed by atoms with Gasteiger partial charge in [-0.05, 0) is 67.6 Å². The van der Waals surface area contributed by atoms with Crippen LogP contribution in [0.4, 0.5) is 20.4 Å². The molecule has 0 bridgehead atoms. The number of hydrogen-bond donors (Lipinski definition) is 1. The van der Waals surface area contributed by atoms with Gasteiger partial charge in [0.05, 0.1) is 11.4 Å². The summed E-state index contributed by atoms with van der Waals surface area (Å²) in [6.07, 6.45) is 11.2. The van der Waals surface area contributed by atoms with Crippen molar-refractivity contribution in [3.8, 4) is 0 Å². The second-order valence-electron chi connectivity index (χ2n) is 9.21. The summed E-state index contributed by atoms with van der Waals surface area (Å²) in [7, 11) is 0. The van der Waals surface area contributed by atoms with Crippen LogP contribution in [0.1, 0.15) is 74.3 Å². The van der Waals surface area contributed by atoms with E-state index in [1.54, 1.807) is 0 Å². The van der Waals surface area contributed by atoms with Gasteiger partial charge in [0.15, 0.2) is 0 Å². The quantitative estimate of drug-likeness (QED) is 0.527. The number of aromatic nitrogens is 2. The van der Waals surface area contributed by atoms with Crippen LogP contribution in [-0.4, -0.2) is 34.9 Å². The smallest absolute Gasteiger partial charge is 0.225 e. The molecule has 2 aromatic rings. The fourth-order valence-electron chi connectivity index (χ4n) is 4.68. The molecule has 5 rings (SSSR count). The van der Waals surface area contributed by atoms with Crippen molar-refractivity contribution in [2.45, 2.75) is 69.3 Å². The average Bonchev–Trinajstić information content (AvgIpc) is 3.67. The Kier molecular flexibility index (Phi) is 5.93. The van der Waals surface area contributed by atoms with Crippen LogP contribution < -0.4 is 10.6 Å². The Morgan fingerprint density at radius 3 is 2.25 bits per heavy atom. The second-order valence-corrected chi connectivity index (χ2v) is 9.21. The number of nitrogen functional groups attached to an aromatic ring is 1. The zero-order valence-electron chi connectivity index (χ0n) is 18.1. The van der Waals surface area contributed by atoms with Crippen LogP contribution in [-0.2, 0) is 4.84 Å². The van der Waals surface area contributed by atoms with Crippen LogP contribution in [0.15, 0.2) is 29.7 Å². The molecule has 170 valence electrons. The lowest BCUT2D eigenvalue weighted by Crippen LogP contribution is -2.37. The topological polar surface area (TPSA) is 76.6 Å². The molecule has 1 aromatic carbocycles. The summed E-state index contributed by atoms with van der Waals surface area (Å²) < 4.78 is 28.0. The van der Waals surface area contributed by atoms with E-state index >= 15 is 0 Å². The lowest BCUT2D eigenvalue weighted by atomic mass is 9.83. The highest BCUT2D eigenvalue weighted by atomic mass is 19.1. The van der Waals surface area contributed by atoms with E-state index in [0.717, 1.165) is 69.3 Å². The highest BCUT2D eigenvalue weighted by molar-refractivity contribution is 5.84. The zero-order valence-corrected chi connectivity index (χ0v) is 18.1. The first-order valence-corrected chi connectivity index (χ1v) is 11.6. The number of rotatable bonds is 5. The Labute approximate surface area is 186 Å². The van der Waals surface area contributed by atoms with E-state index in [1.165, 1.54) is 24.5 Å². The Morgan fingerprint density at radius 2 is 1.59 bits per heavy atom. The molecule has 3 aliphatic rings. The normalized spacial score (nSPS) is 22.1. The van der Waals surface area contributed by atoms with Crippen molar-refractivity contribution in [3.05, 3.63) is 47.3 Å². The maximum absolute atomic E-state index is 14.2. The van der Waals surface area contributed by atoms with E-state index in [2.05, 4.69) is 20.0 Å². The van der Waals surface area contributed by atoms with Gasteiger partial charge in [-0.3, -0.25) is 0 Å². The van der Waals surface area contributed by atoms with Gasteiger partial charge in [0.2, 0.25) is 5.95 Å². The van der Waals surface area contributed by atoms with Gasteiger partial charge in [-0.1, -0.05) is 5.16 Å². The standard InChI is InChI=1S/C24H29F2N5O/c25-21-12-23(27)22(26)11-20(21)16-3-5-18(6-4-16)30-32-19-7-9-31(10-8-19)24-28-13-17(14-29-24)15-1-2-15/h11-16,19H,1-10,27H2. The molecule has 2 N–H and O–H groups in total. The molecule has 3 fully saturated rings. The Morgan fingerprint density at radius 1 is 0.906 bits per heavy atom. The zero-order chi connectivity index (χ0) is 22.1. The predicted octanol–water partition coefficient (Wildman–Crippen LogP) is 4.91. The summed E-state index contributed by atoms with van der Waals surface area (Å²) in [6.45, 7) is 1.70. The molecular weight excluding hydrogens is 412 g/mol. The number of piperidine rings is 1. The first-order valence-electron chi connectivity index (χ1n) is 11.6. The van der Waals surface area contributed by atoms with E-state index in [0.29, 0.717) is 11.5 Å². The third-order valence-electron chi connectivity index (χ3n) is 6.88. The first kappa shape index (κ1) is 21.1. The molecule has 1 aliphatic heterocycles. The Bertz CT molecular complexity index is 975. The highest BCUT2D eigenvalue weighted by Gasteiger charge is 2.27. The lowest BCUT2D eigenvalue weighted by molar-refractivity contribution is 0.0406. The van der Waals surface area contributed by atoms with Gasteiger partial charge in [-0.2, -0.15) is 0 Å². The van der Waals surface area contributed by atoms with Crippen molar-refractivity contribution < 1.29 is 13.6 Å². The minimum Gasteiger partial charge on any atom is -0.396 e. The van der Waals surface area contributed by atoms with Crippen molar-refractivity contribution >= 4 is 17.3 Å². The van der Waals surface area contributed by atoms with Crippen molar-refractivity contribution in [2.75, 3.05) is 23.7 Å². The fourth-order valence-corrected chi connectivity index (χ4v) is 4.68. The van der Waals surface area contributed by atoms with E-state index in [9.17, 15) is 8.78 Å². The van der Waals surface area contributed by atoms with E-state index in [4.69, 9.17) is 10.6 Å². The van der Waals surface area contributed by atoms with Gasteiger partial charge in [-0.15, -0.1) is 0 Å². The molecule has 1 aromatic heterocycles. The summed E-state index contributed by atoms with van der Waals surface area (Å²) >= 11 is 0. The van der Waals surface area contributed by atoms with Crippen LogP contribution >= 0.6 is 0 Å². The molecule has 0 spiro atoms. The average molecular weight is 442 g/mol. The molecule has 0 amide bonds. The van der Waals surface area contributed by atoms with Crippen molar-refractivity contribution in [3.63, 3.8) is 0 Å². The molecular formula is C24H29F2N5O. The number of oxime groups is 1. The third kappa shape index (κ3) is 4.69. The van der Waals surface area contributed by atoms with Crippen molar-refractivity contribution in [1.82, 2.24) is 9.97 Å². The van der Waals surface area contributed by atoms with Gasteiger partial charge in [-0.25, -0.2) is 18.7 Å². The molecule has 6 nitrogen and oxygen atoms in total. The number of nitrogens with zero attached hydrogens (tertiary/aromatic N) is 4. The Balaban J connectivity index is 1.09. The molecule has 2 saturated carbocycles. The molecule has 0 atom stereocenters. The maximum Gasteiger partial charge on any atom is 0.225 e. The van der Waals surface area contributed by atoms with Crippen LogP contribution in [0, 0.1) is 11.6 Å². The number of hydrogen-bond acceptors (Lipinski definition) is 6. The lowest BCUT2D eigenvalue weighted by Gasteiger charge is -2.31. The van der Waals surface area contributed by atoms with Gasteiger partial charge in [0.25, 0.3) is 0 Å². The summed E-state index contributed by atoms with van der Waals surface area (Å²) in [5.74, 6) is 0.467. The summed E-state index contributed by atoms with van der Waals surface area (Å²) in [5.41, 5.74) is 7.97. The molecule has 8 heteroatoms.